The minimum absolute atomic E-state index is 0.225. The number of hydrogen-bond donors (Lipinski definition) is 0. The number of furan rings is 1. The third-order valence-corrected chi connectivity index (χ3v) is 6.88. The molecule has 0 radical (unpaired) electrons. The number of sulfonamides is 1. The summed E-state index contributed by atoms with van der Waals surface area (Å²) in [5, 5.41) is -0.225. The normalized spacial score (nSPS) is 14.7. The lowest BCUT2D eigenvalue weighted by molar-refractivity contribution is 0.0734. The van der Waals surface area contributed by atoms with Crippen LogP contribution < -0.4 is 0 Å². The van der Waals surface area contributed by atoms with Crippen molar-refractivity contribution in [2.24, 2.45) is 0 Å². The van der Waals surface area contributed by atoms with Crippen LogP contribution in [0.25, 0.3) is 0 Å². The fourth-order valence-electron chi connectivity index (χ4n) is 2.80. The van der Waals surface area contributed by atoms with Crippen molar-refractivity contribution in [1.29, 1.82) is 0 Å². The number of rotatable bonds is 3. The Morgan fingerprint density at radius 2 is 1.96 bits per heavy atom. The third kappa shape index (κ3) is 3.38. The molecule has 0 aliphatic carbocycles. The van der Waals surface area contributed by atoms with Crippen LogP contribution in [-0.2, 0) is 23.0 Å². The maximum Gasteiger partial charge on any atom is 0.275 e. The van der Waals surface area contributed by atoms with Crippen LogP contribution in [0.15, 0.2) is 38.4 Å². The van der Waals surface area contributed by atoms with Crippen LogP contribution in [0.4, 0.5) is 0 Å². The fraction of sp³-hybridized carbons (Fsp3) is 0.353. The van der Waals surface area contributed by atoms with Gasteiger partial charge in [0.25, 0.3) is 15.9 Å². The van der Waals surface area contributed by atoms with Gasteiger partial charge in [0.2, 0.25) is 5.09 Å². The van der Waals surface area contributed by atoms with E-state index in [1.807, 2.05) is 13.0 Å². The Morgan fingerprint density at radius 1 is 1.24 bits per heavy atom. The van der Waals surface area contributed by atoms with Crippen molar-refractivity contribution in [3.63, 3.8) is 0 Å². The van der Waals surface area contributed by atoms with Gasteiger partial charge in [0.15, 0.2) is 0 Å². The lowest BCUT2D eigenvalue weighted by Crippen LogP contribution is -2.35. The molecule has 0 spiro atoms. The predicted octanol–water partition coefficient (Wildman–Crippen LogP) is 2.80. The number of amides is 1. The van der Waals surface area contributed by atoms with Crippen molar-refractivity contribution in [3.8, 4) is 0 Å². The maximum absolute atomic E-state index is 12.7. The molecule has 0 saturated carbocycles. The van der Waals surface area contributed by atoms with Gasteiger partial charge in [-0.3, -0.25) is 4.79 Å². The molecular formula is C17H19BrN2O4S. The Bertz CT molecular complexity index is 934. The van der Waals surface area contributed by atoms with Crippen LogP contribution in [0.3, 0.4) is 0 Å². The van der Waals surface area contributed by atoms with Crippen LogP contribution in [0.5, 0.6) is 0 Å². The highest BCUT2D eigenvalue weighted by atomic mass is 79.9. The van der Waals surface area contributed by atoms with E-state index in [4.69, 9.17) is 4.42 Å². The molecule has 1 aromatic heterocycles. The van der Waals surface area contributed by atoms with E-state index in [0.29, 0.717) is 13.1 Å². The lowest BCUT2D eigenvalue weighted by Gasteiger charge is -2.29. The van der Waals surface area contributed by atoms with Gasteiger partial charge in [-0.25, -0.2) is 12.7 Å². The van der Waals surface area contributed by atoms with Crippen LogP contribution in [-0.4, -0.2) is 44.2 Å². The molecule has 25 heavy (non-hydrogen) atoms. The molecule has 2 heterocycles. The van der Waals surface area contributed by atoms with Gasteiger partial charge in [-0.1, -0.05) is 22.0 Å². The van der Waals surface area contributed by atoms with E-state index < -0.39 is 10.0 Å². The summed E-state index contributed by atoms with van der Waals surface area (Å²) in [6.45, 7) is 3.13. The highest BCUT2D eigenvalue weighted by Gasteiger charge is 2.27. The monoisotopic (exact) mass is 426 g/mol. The number of benzene rings is 1. The zero-order chi connectivity index (χ0) is 18.4. The first-order valence-corrected chi connectivity index (χ1v) is 10.0. The number of carbonyl (C=O) groups is 1. The largest absolute Gasteiger partial charge is 0.451 e. The zero-order valence-electron chi connectivity index (χ0n) is 14.2. The lowest BCUT2D eigenvalue weighted by atomic mass is 9.97. The van der Waals surface area contributed by atoms with E-state index in [9.17, 15) is 13.2 Å². The Hall–Kier alpha value is -1.64. The number of hydrogen-bond acceptors (Lipinski definition) is 4. The number of aryl methyl sites for hydroxylation is 1. The van der Waals surface area contributed by atoms with Crippen LogP contribution in [0, 0.1) is 6.92 Å². The summed E-state index contributed by atoms with van der Waals surface area (Å²) in [6.07, 6.45) is 1.98. The van der Waals surface area contributed by atoms with E-state index in [2.05, 4.69) is 22.0 Å². The van der Waals surface area contributed by atoms with E-state index in [1.54, 1.807) is 4.90 Å². The van der Waals surface area contributed by atoms with Gasteiger partial charge < -0.3 is 9.32 Å². The van der Waals surface area contributed by atoms with Crippen LogP contribution >= 0.6 is 15.9 Å². The van der Waals surface area contributed by atoms with Crippen molar-refractivity contribution in [1.82, 2.24) is 9.21 Å². The molecule has 0 bridgehead atoms. The molecule has 6 nitrogen and oxygen atoms in total. The van der Waals surface area contributed by atoms with E-state index in [1.165, 1.54) is 37.6 Å². The number of carbonyl (C=O) groups excluding carboxylic acids is 1. The SMILES string of the molecule is Cc1cc2c(cc1Br)CN(C(=O)c1coc(S(=O)(=O)N(C)C)c1)CC2. The summed E-state index contributed by atoms with van der Waals surface area (Å²) in [4.78, 5) is 14.4. The van der Waals surface area contributed by atoms with Gasteiger partial charge in [-0.2, -0.15) is 0 Å². The molecule has 0 N–H and O–H groups in total. The average Bonchev–Trinajstić information content (AvgIpc) is 3.05. The Morgan fingerprint density at radius 3 is 2.64 bits per heavy atom. The summed E-state index contributed by atoms with van der Waals surface area (Å²) >= 11 is 3.53. The highest BCUT2D eigenvalue weighted by molar-refractivity contribution is 9.10. The van der Waals surface area contributed by atoms with Gasteiger partial charge in [0.05, 0.1) is 5.56 Å². The molecule has 1 aromatic carbocycles. The van der Waals surface area contributed by atoms with Gasteiger partial charge in [-0.15, -0.1) is 0 Å². The molecule has 0 atom stereocenters. The van der Waals surface area contributed by atoms with Crippen molar-refractivity contribution >= 4 is 31.9 Å². The van der Waals surface area contributed by atoms with Gasteiger partial charge in [0, 0.05) is 37.7 Å². The molecule has 2 aromatic rings. The topological polar surface area (TPSA) is 70.8 Å². The predicted molar refractivity (Wildman–Crippen MR) is 96.9 cm³/mol. The summed E-state index contributed by atoms with van der Waals surface area (Å²) in [7, 11) is -0.855. The third-order valence-electron chi connectivity index (χ3n) is 4.34. The molecule has 1 aliphatic heterocycles. The van der Waals surface area contributed by atoms with Crippen molar-refractivity contribution in [2.45, 2.75) is 25.0 Å². The first-order chi connectivity index (χ1) is 11.7. The van der Waals surface area contributed by atoms with Gasteiger partial charge >= 0.3 is 0 Å². The van der Waals surface area contributed by atoms with Crippen molar-refractivity contribution in [2.75, 3.05) is 20.6 Å². The highest BCUT2D eigenvalue weighted by Crippen LogP contribution is 2.27. The zero-order valence-corrected chi connectivity index (χ0v) is 16.6. The molecule has 0 saturated heterocycles. The van der Waals surface area contributed by atoms with Gasteiger partial charge in [-0.05, 0) is 36.1 Å². The van der Waals surface area contributed by atoms with Crippen LogP contribution in [0.2, 0.25) is 0 Å². The van der Waals surface area contributed by atoms with E-state index in [0.717, 1.165) is 20.8 Å². The van der Waals surface area contributed by atoms with E-state index >= 15 is 0 Å². The Balaban J connectivity index is 1.83. The molecule has 3 rings (SSSR count). The quantitative estimate of drug-likeness (QED) is 0.756. The standard InChI is InChI=1S/C17H19BrN2O4S/c1-11-6-12-4-5-20(9-13(12)7-15(11)18)17(21)14-8-16(24-10-14)25(22,23)19(2)3/h6-8,10H,4-5,9H2,1-3H3. The fourth-order valence-corrected chi connectivity index (χ4v) is 4.00. The first kappa shape index (κ1) is 18.2. The number of fused-ring (bicyclic) bond motifs is 1. The van der Waals surface area contributed by atoms with Crippen molar-refractivity contribution in [3.05, 3.63) is 51.2 Å². The summed E-state index contributed by atoms with van der Waals surface area (Å²) in [5.41, 5.74) is 3.76. The molecule has 0 fully saturated rings. The second-order valence-corrected chi connectivity index (χ2v) is 9.23. The second-order valence-electron chi connectivity index (χ2n) is 6.29. The first-order valence-electron chi connectivity index (χ1n) is 7.78. The minimum Gasteiger partial charge on any atom is -0.451 e. The summed E-state index contributed by atoms with van der Waals surface area (Å²) < 4.78 is 31.4. The maximum atomic E-state index is 12.7. The summed E-state index contributed by atoms with van der Waals surface area (Å²) in [5.74, 6) is -0.230. The average molecular weight is 427 g/mol. The Kier molecular flexibility index (Phi) is 4.78. The molecular weight excluding hydrogens is 408 g/mol. The second kappa shape index (κ2) is 6.59. The number of nitrogens with zero attached hydrogens (tertiary/aromatic N) is 2. The molecule has 134 valence electrons. The molecule has 8 heteroatoms. The van der Waals surface area contributed by atoms with E-state index in [-0.39, 0.29) is 16.6 Å². The Labute approximate surface area is 155 Å². The summed E-state index contributed by atoms with van der Waals surface area (Å²) in [6, 6.07) is 5.47. The molecule has 1 amide bonds. The van der Waals surface area contributed by atoms with Crippen molar-refractivity contribution < 1.29 is 17.6 Å². The number of halogens is 1. The minimum atomic E-state index is -3.69. The molecule has 1 aliphatic rings. The molecule has 0 unspecified atom stereocenters. The smallest absolute Gasteiger partial charge is 0.275 e. The van der Waals surface area contributed by atoms with Crippen LogP contribution in [0.1, 0.15) is 27.0 Å². The van der Waals surface area contributed by atoms with Gasteiger partial charge in [0.1, 0.15) is 6.26 Å².